The highest BCUT2D eigenvalue weighted by molar-refractivity contribution is 5.94. The monoisotopic (exact) mass is 351 g/mol. The summed E-state index contributed by atoms with van der Waals surface area (Å²) in [6.45, 7) is 1.25. The fourth-order valence-electron chi connectivity index (χ4n) is 4.39. The number of carbonyl (C=O) groups excluding carboxylic acids is 2. The summed E-state index contributed by atoms with van der Waals surface area (Å²) in [5.41, 5.74) is 1.47. The van der Waals surface area contributed by atoms with Crippen molar-refractivity contribution < 1.29 is 9.59 Å². The van der Waals surface area contributed by atoms with Gasteiger partial charge >= 0.3 is 0 Å². The normalized spacial score (nSPS) is 22.0. The lowest BCUT2D eigenvalue weighted by molar-refractivity contribution is -0.130. The number of aromatic nitrogens is 3. The van der Waals surface area contributed by atoms with Crippen molar-refractivity contribution in [2.24, 2.45) is 0 Å². The van der Waals surface area contributed by atoms with Gasteiger partial charge in [-0.1, -0.05) is 0 Å². The number of likely N-dealkylation sites (N-methyl/N-ethyl adjacent to an activating group) is 1. The molecule has 2 fully saturated rings. The van der Waals surface area contributed by atoms with E-state index in [1.807, 2.05) is 29.0 Å². The number of nitrogens with zero attached hydrogens (tertiary/aromatic N) is 5. The number of likely N-dealkylation sites (tertiary alicyclic amines) is 2. The summed E-state index contributed by atoms with van der Waals surface area (Å²) in [5.74, 6) is 0.287. The lowest BCUT2D eigenvalue weighted by Crippen LogP contribution is -2.55. The van der Waals surface area contributed by atoms with Crippen LogP contribution in [0.5, 0.6) is 0 Å². The summed E-state index contributed by atoms with van der Waals surface area (Å²) in [6, 6.07) is 5.68. The minimum Gasteiger partial charge on any atom is -0.339 e. The summed E-state index contributed by atoms with van der Waals surface area (Å²) in [4.78, 5) is 33.0. The average Bonchev–Trinajstić information content (AvgIpc) is 2.94. The first-order chi connectivity index (χ1) is 12.6. The van der Waals surface area contributed by atoms with Gasteiger partial charge in [-0.05, 0) is 36.6 Å². The Bertz CT molecular complexity index is 803. The number of rotatable bonds is 2. The Hall–Kier alpha value is -2.83. The van der Waals surface area contributed by atoms with Crippen LogP contribution in [0.3, 0.4) is 0 Å². The maximum atomic E-state index is 12.7. The topological polar surface area (TPSA) is 79.3 Å². The Balaban J connectivity index is 1.56. The van der Waals surface area contributed by atoms with Crippen LogP contribution in [-0.2, 0) is 4.79 Å². The third-order valence-electron chi connectivity index (χ3n) is 5.93. The van der Waals surface area contributed by atoms with Gasteiger partial charge in [0.15, 0.2) is 0 Å². The molecule has 2 aromatic heterocycles. The van der Waals surface area contributed by atoms with Crippen LogP contribution in [-0.4, -0.2) is 62.5 Å². The maximum Gasteiger partial charge on any atom is 0.255 e. The van der Waals surface area contributed by atoms with Crippen LogP contribution in [0.25, 0.3) is 0 Å². The highest BCUT2D eigenvalue weighted by atomic mass is 16.2. The van der Waals surface area contributed by atoms with Gasteiger partial charge in [-0.15, -0.1) is 0 Å². The third-order valence-corrected chi connectivity index (χ3v) is 5.93. The summed E-state index contributed by atoms with van der Waals surface area (Å²) in [6.07, 6.45) is 8.64. The second kappa shape index (κ2) is 6.48. The fourth-order valence-corrected chi connectivity index (χ4v) is 4.39. The molecule has 4 heterocycles. The lowest BCUT2D eigenvalue weighted by Gasteiger charge is -2.46. The highest BCUT2D eigenvalue weighted by Gasteiger charge is 2.52. The molecule has 134 valence electrons. The average molecular weight is 351 g/mol. The Kier molecular flexibility index (Phi) is 4.14. The van der Waals surface area contributed by atoms with Gasteiger partial charge in [0.1, 0.15) is 0 Å². The van der Waals surface area contributed by atoms with Crippen molar-refractivity contribution >= 4 is 11.8 Å². The molecule has 0 bridgehead atoms. The zero-order valence-electron chi connectivity index (χ0n) is 14.7. The number of hydrogen-bond donors (Lipinski definition) is 0. The van der Waals surface area contributed by atoms with Gasteiger partial charge in [0.05, 0.1) is 23.5 Å². The van der Waals surface area contributed by atoms with E-state index in [0.29, 0.717) is 25.1 Å². The second-order valence-electron chi connectivity index (χ2n) is 7.02. The minimum absolute atomic E-state index is 0.0258. The van der Waals surface area contributed by atoms with Crippen molar-refractivity contribution in [3.05, 3.63) is 54.1 Å². The van der Waals surface area contributed by atoms with Crippen LogP contribution in [0.2, 0.25) is 0 Å². The number of amides is 2. The van der Waals surface area contributed by atoms with Crippen molar-refractivity contribution in [1.29, 1.82) is 0 Å². The van der Waals surface area contributed by atoms with Crippen LogP contribution >= 0.6 is 0 Å². The van der Waals surface area contributed by atoms with Gasteiger partial charge in [-0.25, -0.2) is 0 Å². The fraction of sp³-hybridized carbons (Fsp3) is 0.421. The molecule has 0 aliphatic carbocycles. The van der Waals surface area contributed by atoms with Gasteiger partial charge in [-0.2, -0.15) is 10.2 Å². The Morgan fingerprint density at radius 3 is 2.50 bits per heavy atom. The first kappa shape index (κ1) is 16.6. The smallest absolute Gasteiger partial charge is 0.255 e. The molecule has 1 unspecified atom stereocenters. The summed E-state index contributed by atoms with van der Waals surface area (Å²) in [5, 5.41) is 7.51. The molecule has 0 N–H and O–H groups in total. The third kappa shape index (κ3) is 2.64. The molecule has 7 heteroatoms. The first-order valence-corrected chi connectivity index (χ1v) is 8.84. The summed E-state index contributed by atoms with van der Waals surface area (Å²) in [7, 11) is 1.90. The van der Waals surface area contributed by atoms with E-state index in [9.17, 15) is 9.59 Å². The molecular formula is C19H21N5O2. The molecule has 0 saturated carbocycles. The van der Waals surface area contributed by atoms with E-state index in [0.717, 1.165) is 18.4 Å². The van der Waals surface area contributed by atoms with Crippen molar-refractivity contribution in [3.8, 4) is 0 Å². The number of piperidine rings is 1. The molecule has 7 nitrogen and oxygen atoms in total. The van der Waals surface area contributed by atoms with Crippen LogP contribution in [0, 0.1) is 0 Å². The van der Waals surface area contributed by atoms with Gasteiger partial charge < -0.3 is 9.80 Å². The van der Waals surface area contributed by atoms with Crippen molar-refractivity contribution in [2.45, 2.75) is 30.7 Å². The summed E-state index contributed by atoms with van der Waals surface area (Å²) >= 11 is 0. The standard InChI is InChI=1S/C19H21N5O2/c1-23-17(25)12-16(14-2-7-20-8-3-14)19(23)5-10-24(11-6-19)18(26)15-4-9-21-22-13-15/h2-4,7-9,13,16H,5-6,10-12H2,1H3. The van der Waals surface area contributed by atoms with Crippen LogP contribution in [0.1, 0.15) is 41.1 Å². The number of hydrogen-bond acceptors (Lipinski definition) is 5. The van der Waals surface area contributed by atoms with E-state index in [1.165, 1.54) is 12.4 Å². The van der Waals surface area contributed by atoms with E-state index >= 15 is 0 Å². The molecule has 2 amide bonds. The Morgan fingerprint density at radius 2 is 1.85 bits per heavy atom. The van der Waals surface area contributed by atoms with E-state index in [-0.39, 0.29) is 23.3 Å². The molecule has 2 aromatic rings. The predicted octanol–water partition coefficient (Wildman–Crippen LogP) is 1.49. The van der Waals surface area contributed by atoms with Crippen molar-refractivity contribution in [3.63, 3.8) is 0 Å². The van der Waals surface area contributed by atoms with E-state index in [2.05, 4.69) is 15.2 Å². The van der Waals surface area contributed by atoms with Gasteiger partial charge in [-0.3, -0.25) is 14.6 Å². The first-order valence-electron chi connectivity index (χ1n) is 8.84. The van der Waals surface area contributed by atoms with Crippen molar-refractivity contribution in [1.82, 2.24) is 25.0 Å². The van der Waals surface area contributed by atoms with Crippen LogP contribution < -0.4 is 0 Å². The molecule has 2 aliphatic heterocycles. The van der Waals surface area contributed by atoms with E-state index in [1.54, 1.807) is 18.5 Å². The molecule has 0 aromatic carbocycles. The molecule has 4 rings (SSSR count). The molecule has 2 saturated heterocycles. The molecule has 1 spiro atoms. The molecule has 0 radical (unpaired) electrons. The Morgan fingerprint density at radius 1 is 1.12 bits per heavy atom. The van der Waals surface area contributed by atoms with Gasteiger partial charge in [0.2, 0.25) is 5.91 Å². The van der Waals surface area contributed by atoms with Gasteiger partial charge in [0.25, 0.3) is 5.91 Å². The number of carbonyl (C=O) groups is 2. The van der Waals surface area contributed by atoms with Crippen LogP contribution in [0.15, 0.2) is 43.0 Å². The zero-order valence-corrected chi connectivity index (χ0v) is 14.7. The summed E-state index contributed by atoms with van der Waals surface area (Å²) < 4.78 is 0. The molecular weight excluding hydrogens is 330 g/mol. The second-order valence-corrected chi connectivity index (χ2v) is 7.02. The molecule has 2 aliphatic rings. The van der Waals surface area contributed by atoms with Gasteiger partial charge in [0, 0.05) is 44.9 Å². The van der Waals surface area contributed by atoms with Crippen molar-refractivity contribution in [2.75, 3.05) is 20.1 Å². The minimum atomic E-state index is -0.230. The molecule has 26 heavy (non-hydrogen) atoms. The predicted molar refractivity (Wildman–Crippen MR) is 94.3 cm³/mol. The van der Waals surface area contributed by atoms with Crippen LogP contribution in [0.4, 0.5) is 0 Å². The largest absolute Gasteiger partial charge is 0.339 e. The molecule has 1 atom stereocenters. The zero-order chi connectivity index (χ0) is 18.1. The lowest BCUT2D eigenvalue weighted by atomic mass is 9.74. The number of pyridine rings is 1. The highest BCUT2D eigenvalue weighted by Crippen LogP contribution is 2.48. The quantitative estimate of drug-likeness (QED) is 0.819. The van der Waals surface area contributed by atoms with E-state index in [4.69, 9.17) is 0 Å². The van der Waals surface area contributed by atoms with E-state index < -0.39 is 0 Å². The SMILES string of the molecule is CN1C(=O)CC(c2ccncc2)C12CCN(C(=O)c1ccnnc1)CC2. The maximum absolute atomic E-state index is 12.7. The Labute approximate surface area is 152 Å².